The lowest BCUT2D eigenvalue weighted by Gasteiger charge is -2.28. The van der Waals surface area contributed by atoms with Crippen molar-refractivity contribution in [1.82, 2.24) is 47.5 Å². The highest BCUT2D eigenvalue weighted by atomic mass is 16.3. The second-order valence-corrected chi connectivity index (χ2v) is 17.8. The first-order valence-electron chi connectivity index (χ1n) is 23.6. The van der Waals surface area contributed by atoms with E-state index < -0.39 is 95.7 Å². The Hall–Kier alpha value is -6.82. The van der Waals surface area contributed by atoms with Crippen LogP contribution in [0.25, 0.3) is 0 Å². The Morgan fingerprint density at radius 3 is 1.87 bits per heavy atom. The maximum atomic E-state index is 14.3. The zero-order chi connectivity index (χ0) is 51.3. The lowest BCUT2D eigenvalue weighted by Crippen LogP contribution is -2.61. The summed E-state index contributed by atoms with van der Waals surface area (Å²) in [5, 5.41) is 37.7. The number of benzene rings is 1. The summed E-state index contributed by atoms with van der Waals surface area (Å²) in [4.78, 5) is 116. The van der Waals surface area contributed by atoms with Gasteiger partial charge in [-0.2, -0.15) is 5.10 Å². The molecule has 2 aromatic rings. The van der Waals surface area contributed by atoms with E-state index in [2.05, 4.69) is 52.6 Å². The molecule has 0 spiro atoms. The zero-order valence-electron chi connectivity index (χ0n) is 40.2. The van der Waals surface area contributed by atoms with Crippen LogP contribution < -0.4 is 64.7 Å². The average molecular weight is 975 g/mol. The number of nitrogens with one attached hydrogen (secondary N) is 8. The number of pyridine rings is 1. The second-order valence-electron chi connectivity index (χ2n) is 17.8. The van der Waals surface area contributed by atoms with Crippen molar-refractivity contribution in [2.24, 2.45) is 34.1 Å². The monoisotopic (exact) mass is 975 g/mol. The van der Waals surface area contributed by atoms with E-state index in [0.717, 1.165) is 6.42 Å². The number of aliphatic hydroxyl groups is 1. The van der Waals surface area contributed by atoms with Gasteiger partial charge in [0.1, 0.15) is 42.3 Å². The number of nitrogens with zero attached hydrogens (tertiary/aromatic N) is 3. The Morgan fingerprint density at radius 2 is 1.29 bits per heavy atom. The molecular formula is C47H70N14O9. The third-order valence-corrected chi connectivity index (χ3v) is 11.4. The van der Waals surface area contributed by atoms with E-state index in [0.29, 0.717) is 11.4 Å². The maximum absolute atomic E-state index is 14.3. The summed E-state index contributed by atoms with van der Waals surface area (Å²) in [6.45, 7) is 6.33. The lowest BCUT2D eigenvalue weighted by molar-refractivity contribution is -0.136. The van der Waals surface area contributed by atoms with Crippen LogP contribution in [-0.4, -0.2) is 138 Å². The molecular weight excluding hydrogens is 905 g/mol. The molecule has 4 rings (SSSR count). The van der Waals surface area contributed by atoms with Crippen molar-refractivity contribution in [3.63, 3.8) is 0 Å². The van der Waals surface area contributed by atoms with Crippen LogP contribution in [0.15, 0.2) is 66.0 Å². The van der Waals surface area contributed by atoms with Crippen molar-refractivity contribution in [2.45, 2.75) is 121 Å². The fourth-order valence-corrected chi connectivity index (χ4v) is 7.53. The SMILES string of the molecule is CC(C)C[C@@H]1NC(=O)[C@@H](Cc2ccccc2)NC(=O)[C@H](CCN)NC(=O)[C@@H](NC(=O)c2ccnc(N3C=CCC(C)C=N3)c2)CCNC(=O)[C@H]([C@@H](C)O)NC(=O)[C@H](CCN)NC(=O)[C@H](CCN)NC1=O. The number of hydrazone groups is 1. The molecule has 8 amide bonds. The molecule has 1 fully saturated rings. The van der Waals surface area contributed by atoms with Gasteiger partial charge in [0, 0.05) is 37.1 Å². The van der Waals surface area contributed by atoms with Crippen molar-refractivity contribution in [1.29, 1.82) is 0 Å². The molecule has 70 heavy (non-hydrogen) atoms. The Kier molecular flexibility index (Phi) is 22.3. The van der Waals surface area contributed by atoms with E-state index in [1.165, 1.54) is 30.3 Å². The molecule has 15 N–H and O–H groups in total. The third-order valence-electron chi connectivity index (χ3n) is 11.4. The molecule has 0 aliphatic carbocycles. The van der Waals surface area contributed by atoms with Crippen LogP contribution in [0.3, 0.4) is 0 Å². The van der Waals surface area contributed by atoms with Crippen LogP contribution in [0, 0.1) is 11.8 Å². The predicted octanol–water partition coefficient (Wildman–Crippen LogP) is -2.33. The number of amides is 8. The van der Waals surface area contributed by atoms with E-state index in [9.17, 15) is 43.5 Å². The van der Waals surface area contributed by atoms with E-state index in [-0.39, 0.29) is 82.1 Å². The Balaban J connectivity index is 1.76. The summed E-state index contributed by atoms with van der Waals surface area (Å²) in [5.41, 5.74) is 18.4. The third kappa shape index (κ3) is 17.3. The van der Waals surface area contributed by atoms with Gasteiger partial charge in [-0.25, -0.2) is 9.99 Å². The molecule has 1 saturated heterocycles. The molecule has 0 saturated carbocycles. The zero-order valence-corrected chi connectivity index (χ0v) is 40.2. The van der Waals surface area contributed by atoms with Crippen LogP contribution in [0.5, 0.6) is 0 Å². The topological polar surface area (TPSA) is 360 Å². The van der Waals surface area contributed by atoms with Gasteiger partial charge in [0.15, 0.2) is 5.82 Å². The number of hydrogen-bond acceptors (Lipinski definition) is 15. The molecule has 2 aliphatic rings. The minimum Gasteiger partial charge on any atom is -0.391 e. The molecule has 1 aromatic carbocycles. The number of aromatic nitrogens is 1. The van der Waals surface area contributed by atoms with Crippen molar-refractivity contribution in [3.05, 3.63) is 72.1 Å². The number of carbonyl (C=O) groups excluding carboxylic acids is 8. The molecule has 9 atom stereocenters. The van der Waals surface area contributed by atoms with Gasteiger partial charge in [-0.3, -0.25) is 38.4 Å². The van der Waals surface area contributed by atoms with Crippen molar-refractivity contribution in [3.8, 4) is 0 Å². The van der Waals surface area contributed by atoms with Crippen LogP contribution >= 0.6 is 0 Å². The maximum Gasteiger partial charge on any atom is 0.252 e. The van der Waals surface area contributed by atoms with Crippen molar-refractivity contribution < 1.29 is 43.5 Å². The smallest absolute Gasteiger partial charge is 0.252 e. The largest absolute Gasteiger partial charge is 0.391 e. The summed E-state index contributed by atoms with van der Waals surface area (Å²) >= 11 is 0. The normalized spacial score (nSPS) is 25.3. The van der Waals surface area contributed by atoms with Gasteiger partial charge in [0.25, 0.3) is 5.91 Å². The summed E-state index contributed by atoms with van der Waals surface area (Å²) in [7, 11) is 0. The molecule has 0 bridgehead atoms. The number of nitrogens with two attached hydrogens (primary N) is 3. The number of carbonyl (C=O) groups is 8. The van der Waals surface area contributed by atoms with E-state index in [4.69, 9.17) is 17.2 Å². The van der Waals surface area contributed by atoms with Gasteiger partial charge in [-0.1, -0.05) is 57.2 Å². The van der Waals surface area contributed by atoms with E-state index in [1.807, 2.05) is 26.8 Å². The molecule has 23 heteroatoms. The Labute approximate surface area is 407 Å². The minimum atomic E-state index is -1.58. The first-order valence-corrected chi connectivity index (χ1v) is 23.6. The van der Waals surface area contributed by atoms with Crippen LogP contribution in [-0.2, 0) is 40.0 Å². The van der Waals surface area contributed by atoms with E-state index >= 15 is 0 Å². The number of hydrogen-bond donors (Lipinski definition) is 12. The van der Waals surface area contributed by atoms with Gasteiger partial charge in [0.05, 0.1) is 6.10 Å². The molecule has 3 heterocycles. The lowest BCUT2D eigenvalue weighted by atomic mass is 10.00. The Morgan fingerprint density at radius 1 is 0.743 bits per heavy atom. The molecule has 1 unspecified atom stereocenters. The highest BCUT2D eigenvalue weighted by Crippen LogP contribution is 2.18. The molecule has 1 aromatic heterocycles. The van der Waals surface area contributed by atoms with Gasteiger partial charge in [-0.05, 0) is 94.6 Å². The van der Waals surface area contributed by atoms with E-state index in [1.54, 1.807) is 42.7 Å². The highest BCUT2D eigenvalue weighted by Gasteiger charge is 2.35. The van der Waals surface area contributed by atoms with Gasteiger partial charge in [0.2, 0.25) is 41.4 Å². The average Bonchev–Trinajstić information content (AvgIpc) is 3.55. The molecule has 23 nitrogen and oxygen atoms in total. The highest BCUT2D eigenvalue weighted by molar-refractivity contribution is 6.00. The van der Waals surface area contributed by atoms with Crippen LogP contribution in [0.1, 0.15) is 82.1 Å². The van der Waals surface area contributed by atoms with Crippen molar-refractivity contribution >= 4 is 59.3 Å². The quantitative estimate of drug-likeness (QED) is 0.0946. The number of rotatable bonds is 14. The summed E-state index contributed by atoms with van der Waals surface area (Å²) < 4.78 is 0. The summed E-state index contributed by atoms with van der Waals surface area (Å²) in [6.07, 6.45) is 5.51. The first-order chi connectivity index (χ1) is 33.4. The Bertz CT molecular complexity index is 2170. The minimum absolute atomic E-state index is 0.0438. The first kappa shape index (κ1) is 55.8. The molecule has 2 aliphatic heterocycles. The number of allylic oxidation sites excluding steroid dienone is 1. The van der Waals surface area contributed by atoms with Crippen LogP contribution in [0.2, 0.25) is 0 Å². The van der Waals surface area contributed by atoms with Crippen molar-refractivity contribution in [2.75, 3.05) is 31.2 Å². The fraction of sp³-hybridized carbons (Fsp3) is 0.532. The van der Waals surface area contributed by atoms with Gasteiger partial charge >= 0.3 is 0 Å². The van der Waals surface area contributed by atoms with Crippen LogP contribution in [0.4, 0.5) is 5.82 Å². The fourth-order valence-electron chi connectivity index (χ4n) is 7.53. The molecule has 382 valence electrons. The second kappa shape index (κ2) is 28.0. The number of anilines is 1. The van der Waals surface area contributed by atoms with Gasteiger partial charge in [-0.15, -0.1) is 0 Å². The molecule has 0 radical (unpaired) electrons. The summed E-state index contributed by atoms with van der Waals surface area (Å²) in [6, 6.07) is 2.11. The number of aliphatic hydroxyl groups excluding tert-OH is 1. The van der Waals surface area contributed by atoms with Gasteiger partial charge < -0.3 is 64.8 Å². The standard InChI is InChI=1S/C47H70N14O9/c1-27(2)23-36-45(68)57-32(12-17-48)41(64)56-34(14-19-50)44(67)60-39(29(4)62)47(70)52-21-16-35(54-40(63)31-15-20-51-38(25-31)61-22-8-9-28(3)26-53-61)43(66)55-33(13-18-49)42(65)59-37(46(69)58-36)24-30-10-6-5-7-11-30/h5-8,10-11,15,20,22,25-29,32-37,39,62H,9,12-14,16-19,21,23-24,48-50H2,1-4H3,(H,52,70)(H,54,63)(H,55,66)(H,56,64)(H,57,68)(H,58,69)(H,59,65)(H,60,67)/t28?,29-,32+,33+,34+,35+,36+,37-,39+/m1/s1. The predicted molar refractivity (Wildman–Crippen MR) is 261 cm³/mol. The summed E-state index contributed by atoms with van der Waals surface area (Å²) in [5.74, 6) is -6.16.